The molecule has 0 aromatic carbocycles. The Morgan fingerprint density at radius 1 is 1.45 bits per heavy atom. The number of carbonyl (C=O) groups is 1. The van der Waals surface area contributed by atoms with Crippen LogP contribution >= 0.6 is 11.8 Å². The van der Waals surface area contributed by atoms with Crippen LogP contribution in [0.25, 0.3) is 0 Å². The van der Waals surface area contributed by atoms with Gasteiger partial charge in [-0.2, -0.15) is 11.8 Å². The van der Waals surface area contributed by atoms with Crippen LogP contribution in [0.15, 0.2) is 0 Å². The SMILES string of the molecule is CSC1(CNC(=O)C2(N)C3CCCOC3C2(C)C)CC1. The van der Waals surface area contributed by atoms with Crippen molar-refractivity contribution >= 4 is 17.7 Å². The van der Waals surface area contributed by atoms with E-state index in [0.717, 1.165) is 26.0 Å². The molecule has 3 aliphatic rings. The molecule has 3 unspecified atom stereocenters. The molecule has 4 nitrogen and oxygen atoms in total. The predicted molar refractivity (Wildman–Crippen MR) is 81.7 cm³/mol. The molecular formula is C15H26N2O2S. The van der Waals surface area contributed by atoms with E-state index < -0.39 is 5.54 Å². The van der Waals surface area contributed by atoms with E-state index in [9.17, 15) is 4.79 Å². The topological polar surface area (TPSA) is 64.4 Å². The van der Waals surface area contributed by atoms with E-state index in [4.69, 9.17) is 10.5 Å². The van der Waals surface area contributed by atoms with Crippen LogP contribution in [0.4, 0.5) is 0 Å². The molecule has 2 saturated carbocycles. The lowest BCUT2D eigenvalue weighted by Gasteiger charge is -2.65. The number of ether oxygens (including phenoxy) is 1. The summed E-state index contributed by atoms with van der Waals surface area (Å²) in [6.07, 6.45) is 6.68. The third kappa shape index (κ3) is 1.86. The summed E-state index contributed by atoms with van der Waals surface area (Å²) in [7, 11) is 0. The Bertz CT molecular complexity index is 422. The Labute approximate surface area is 125 Å². The molecule has 0 spiro atoms. The third-order valence-electron chi connectivity index (χ3n) is 5.87. The van der Waals surface area contributed by atoms with E-state index in [1.807, 2.05) is 11.8 Å². The Morgan fingerprint density at radius 2 is 2.15 bits per heavy atom. The molecule has 20 heavy (non-hydrogen) atoms. The second-order valence-electron chi connectivity index (χ2n) is 7.20. The van der Waals surface area contributed by atoms with Gasteiger partial charge in [-0.1, -0.05) is 13.8 Å². The van der Waals surface area contributed by atoms with Gasteiger partial charge in [0.25, 0.3) is 0 Å². The zero-order valence-electron chi connectivity index (χ0n) is 12.7. The summed E-state index contributed by atoms with van der Waals surface area (Å²) in [4.78, 5) is 12.7. The maximum absolute atomic E-state index is 12.7. The number of rotatable bonds is 4. The van der Waals surface area contributed by atoms with Gasteiger partial charge in [0.15, 0.2) is 0 Å². The van der Waals surface area contributed by atoms with Crippen LogP contribution in [0.1, 0.15) is 39.5 Å². The van der Waals surface area contributed by atoms with Gasteiger partial charge in [0.2, 0.25) is 5.91 Å². The van der Waals surface area contributed by atoms with E-state index in [2.05, 4.69) is 25.4 Å². The first-order chi connectivity index (χ1) is 9.37. The smallest absolute Gasteiger partial charge is 0.241 e. The van der Waals surface area contributed by atoms with Crippen LogP contribution in [0, 0.1) is 11.3 Å². The highest BCUT2D eigenvalue weighted by Crippen LogP contribution is 2.57. The number of nitrogens with two attached hydrogens (primary N) is 1. The standard InChI is InChI=1S/C15H26N2O2S/c1-13(2)11-10(5-4-8-19-11)15(13,16)12(18)17-9-14(20-3)6-7-14/h10-11H,4-9,16H2,1-3H3,(H,17,18). The number of thioether (sulfide) groups is 1. The summed E-state index contributed by atoms with van der Waals surface area (Å²) in [5, 5.41) is 3.13. The van der Waals surface area contributed by atoms with Gasteiger partial charge >= 0.3 is 0 Å². The molecule has 1 aliphatic heterocycles. The quantitative estimate of drug-likeness (QED) is 0.826. The second kappa shape index (κ2) is 4.62. The van der Waals surface area contributed by atoms with Crippen molar-refractivity contribution in [3.63, 3.8) is 0 Å². The molecule has 0 radical (unpaired) electrons. The monoisotopic (exact) mass is 298 g/mol. The van der Waals surface area contributed by atoms with Crippen LogP contribution in [-0.4, -0.2) is 41.7 Å². The number of fused-ring (bicyclic) bond motifs is 1. The van der Waals surface area contributed by atoms with Crippen molar-refractivity contribution in [1.82, 2.24) is 5.32 Å². The molecule has 3 rings (SSSR count). The van der Waals surface area contributed by atoms with Crippen molar-refractivity contribution in [3.8, 4) is 0 Å². The lowest BCUT2D eigenvalue weighted by molar-refractivity contribution is -0.225. The van der Waals surface area contributed by atoms with Crippen LogP contribution in [0.3, 0.4) is 0 Å². The molecule has 3 N–H and O–H groups in total. The first-order valence-electron chi connectivity index (χ1n) is 7.61. The van der Waals surface area contributed by atoms with Crippen molar-refractivity contribution < 1.29 is 9.53 Å². The van der Waals surface area contributed by atoms with E-state index >= 15 is 0 Å². The zero-order valence-corrected chi connectivity index (χ0v) is 13.5. The molecule has 3 fully saturated rings. The van der Waals surface area contributed by atoms with Crippen LogP contribution in [0.2, 0.25) is 0 Å². The molecule has 1 amide bonds. The lowest BCUT2D eigenvalue weighted by atomic mass is 9.46. The normalized spacial score (nSPS) is 40.4. The van der Waals surface area contributed by atoms with Crippen LogP contribution in [0.5, 0.6) is 0 Å². The predicted octanol–water partition coefficient (Wildman–Crippen LogP) is 1.53. The molecule has 114 valence electrons. The molecule has 0 bridgehead atoms. The highest BCUT2D eigenvalue weighted by atomic mass is 32.2. The number of hydrogen-bond acceptors (Lipinski definition) is 4. The molecule has 3 atom stereocenters. The summed E-state index contributed by atoms with van der Waals surface area (Å²) in [6, 6.07) is 0. The second-order valence-corrected chi connectivity index (χ2v) is 8.47. The van der Waals surface area contributed by atoms with Gasteiger partial charge < -0.3 is 15.8 Å². The van der Waals surface area contributed by atoms with E-state index in [-0.39, 0.29) is 28.1 Å². The van der Waals surface area contributed by atoms with Crippen molar-refractivity contribution in [2.75, 3.05) is 19.4 Å². The van der Waals surface area contributed by atoms with Gasteiger partial charge in [-0.25, -0.2) is 0 Å². The fourth-order valence-electron chi connectivity index (χ4n) is 4.02. The summed E-state index contributed by atoms with van der Waals surface area (Å²) in [5.74, 6) is 0.199. The van der Waals surface area contributed by atoms with Gasteiger partial charge in [-0.3, -0.25) is 4.79 Å². The number of nitrogens with one attached hydrogen (secondary N) is 1. The van der Waals surface area contributed by atoms with Crippen LogP contribution in [-0.2, 0) is 9.53 Å². The summed E-state index contributed by atoms with van der Waals surface area (Å²) in [6.45, 7) is 5.69. The molecule has 0 aromatic rings. The van der Waals surface area contributed by atoms with Crippen molar-refractivity contribution in [1.29, 1.82) is 0 Å². The Hall–Kier alpha value is -0.260. The van der Waals surface area contributed by atoms with E-state index in [1.165, 1.54) is 12.8 Å². The van der Waals surface area contributed by atoms with Crippen molar-refractivity contribution in [2.24, 2.45) is 17.1 Å². The Morgan fingerprint density at radius 3 is 2.75 bits per heavy atom. The van der Waals surface area contributed by atoms with Gasteiger partial charge in [0, 0.05) is 29.2 Å². The fraction of sp³-hybridized carbons (Fsp3) is 0.933. The van der Waals surface area contributed by atoms with Crippen molar-refractivity contribution in [3.05, 3.63) is 0 Å². The highest BCUT2D eigenvalue weighted by Gasteiger charge is 2.70. The minimum atomic E-state index is -0.771. The fourth-order valence-corrected chi connectivity index (χ4v) is 4.74. The van der Waals surface area contributed by atoms with E-state index in [0.29, 0.717) is 0 Å². The number of hydrogen-bond donors (Lipinski definition) is 2. The summed E-state index contributed by atoms with van der Waals surface area (Å²) >= 11 is 1.86. The molecule has 1 saturated heterocycles. The van der Waals surface area contributed by atoms with Gasteiger partial charge in [-0.05, 0) is 31.9 Å². The minimum absolute atomic E-state index is 0.0228. The Balaban J connectivity index is 1.69. The minimum Gasteiger partial charge on any atom is -0.377 e. The third-order valence-corrected chi connectivity index (χ3v) is 7.29. The molecule has 2 aliphatic carbocycles. The molecule has 1 heterocycles. The van der Waals surface area contributed by atoms with Gasteiger partial charge in [0.1, 0.15) is 5.54 Å². The largest absolute Gasteiger partial charge is 0.377 e. The average molecular weight is 298 g/mol. The molecular weight excluding hydrogens is 272 g/mol. The highest BCUT2D eigenvalue weighted by molar-refractivity contribution is 8.00. The summed E-state index contributed by atoms with van der Waals surface area (Å²) in [5.41, 5.74) is 5.52. The summed E-state index contributed by atoms with van der Waals surface area (Å²) < 4.78 is 6.13. The van der Waals surface area contributed by atoms with Crippen LogP contribution < -0.4 is 11.1 Å². The average Bonchev–Trinajstić information content (AvgIpc) is 3.24. The van der Waals surface area contributed by atoms with Crippen molar-refractivity contribution in [2.45, 2.75) is 55.9 Å². The molecule has 5 heteroatoms. The van der Waals surface area contributed by atoms with Gasteiger partial charge in [0.05, 0.1) is 6.10 Å². The number of amides is 1. The maximum atomic E-state index is 12.7. The van der Waals surface area contributed by atoms with Gasteiger partial charge in [-0.15, -0.1) is 0 Å². The number of carbonyl (C=O) groups excluding carboxylic acids is 1. The maximum Gasteiger partial charge on any atom is 0.241 e. The first-order valence-corrected chi connectivity index (χ1v) is 8.84. The Kier molecular flexibility index (Phi) is 3.39. The zero-order chi connectivity index (χ0) is 14.6. The molecule has 0 aromatic heterocycles. The van der Waals surface area contributed by atoms with E-state index in [1.54, 1.807) is 0 Å². The first kappa shape index (κ1) is 14.7. The lowest BCUT2D eigenvalue weighted by Crippen LogP contribution is -2.82.